The van der Waals surface area contributed by atoms with E-state index in [-0.39, 0.29) is 29.6 Å². The molecule has 1 aromatic heterocycles. The number of phenols is 1. The fourth-order valence-corrected chi connectivity index (χ4v) is 2.68. The van der Waals surface area contributed by atoms with Gasteiger partial charge < -0.3 is 29.4 Å². The molecule has 0 aliphatic rings. The monoisotopic (exact) mass is 377 g/mol. The highest BCUT2D eigenvalue weighted by Gasteiger charge is 2.26. The van der Waals surface area contributed by atoms with E-state index in [9.17, 15) is 19.8 Å². The first kappa shape index (κ1) is 20.3. The van der Waals surface area contributed by atoms with Gasteiger partial charge in [-0.1, -0.05) is 6.07 Å². The van der Waals surface area contributed by atoms with E-state index >= 15 is 0 Å². The van der Waals surface area contributed by atoms with Gasteiger partial charge in [0.2, 0.25) is 17.1 Å². The number of phenolic OH excluding ortho intramolecular Hbond substituents is 1. The number of hydrogen-bond donors (Lipinski definition) is 3. The molecule has 1 unspecified atom stereocenters. The van der Waals surface area contributed by atoms with E-state index in [4.69, 9.17) is 13.9 Å². The maximum atomic E-state index is 12.3. The highest BCUT2D eigenvalue weighted by Crippen LogP contribution is 2.37. The van der Waals surface area contributed by atoms with E-state index in [1.54, 1.807) is 13.0 Å². The SMILES string of the molecule is COCCNC(=O)CC(c1ccc(O)c(OC)c1)c1oc(C)cc(=O)c1O. The molecule has 0 aliphatic carbocycles. The molecule has 146 valence electrons. The van der Waals surface area contributed by atoms with Crippen LogP contribution in [0.1, 0.15) is 29.4 Å². The van der Waals surface area contributed by atoms with Crippen molar-refractivity contribution in [3.8, 4) is 17.2 Å². The minimum Gasteiger partial charge on any atom is -0.504 e. The first-order chi connectivity index (χ1) is 12.9. The van der Waals surface area contributed by atoms with Gasteiger partial charge in [0.15, 0.2) is 17.3 Å². The summed E-state index contributed by atoms with van der Waals surface area (Å²) in [5.41, 5.74) is -0.0557. The third-order valence-corrected chi connectivity index (χ3v) is 4.01. The summed E-state index contributed by atoms with van der Waals surface area (Å²) >= 11 is 0. The fourth-order valence-electron chi connectivity index (χ4n) is 2.68. The van der Waals surface area contributed by atoms with Crippen LogP contribution in [-0.4, -0.2) is 43.5 Å². The number of benzene rings is 1. The molecule has 1 heterocycles. The van der Waals surface area contributed by atoms with Crippen molar-refractivity contribution in [3.05, 3.63) is 51.6 Å². The number of rotatable bonds is 8. The Morgan fingerprint density at radius 2 is 2.00 bits per heavy atom. The predicted octanol–water partition coefficient (Wildman–Crippen LogP) is 1.65. The van der Waals surface area contributed by atoms with Crippen molar-refractivity contribution in [1.82, 2.24) is 5.32 Å². The van der Waals surface area contributed by atoms with Gasteiger partial charge in [0.1, 0.15) is 5.76 Å². The molecule has 1 atom stereocenters. The zero-order valence-electron chi connectivity index (χ0n) is 15.4. The molecule has 0 saturated heterocycles. The van der Waals surface area contributed by atoms with Crippen LogP contribution in [0, 0.1) is 6.92 Å². The summed E-state index contributed by atoms with van der Waals surface area (Å²) in [6.45, 7) is 2.26. The number of aromatic hydroxyl groups is 2. The second kappa shape index (κ2) is 9.09. The topological polar surface area (TPSA) is 118 Å². The van der Waals surface area contributed by atoms with Crippen molar-refractivity contribution in [2.24, 2.45) is 0 Å². The van der Waals surface area contributed by atoms with Gasteiger partial charge in [-0.3, -0.25) is 9.59 Å². The lowest BCUT2D eigenvalue weighted by Gasteiger charge is -2.19. The molecule has 8 heteroatoms. The molecule has 1 aromatic carbocycles. The standard InChI is InChI=1S/C19H23NO7/c1-11-8-15(22)18(24)19(27-11)13(10-17(23)20-6-7-25-2)12-4-5-14(21)16(9-12)26-3/h4-5,8-9,13,21,24H,6-7,10H2,1-3H3,(H,20,23). The zero-order valence-corrected chi connectivity index (χ0v) is 15.4. The third kappa shape index (κ3) is 5.01. The maximum Gasteiger partial charge on any atom is 0.227 e. The van der Waals surface area contributed by atoms with Crippen molar-refractivity contribution in [3.63, 3.8) is 0 Å². The maximum absolute atomic E-state index is 12.3. The largest absolute Gasteiger partial charge is 0.504 e. The quantitative estimate of drug-likeness (QED) is 0.599. The molecule has 0 bridgehead atoms. The van der Waals surface area contributed by atoms with Crippen LogP contribution >= 0.6 is 0 Å². The van der Waals surface area contributed by atoms with Crippen LogP contribution in [0.15, 0.2) is 33.5 Å². The van der Waals surface area contributed by atoms with E-state index in [1.165, 1.54) is 32.4 Å². The van der Waals surface area contributed by atoms with Crippen molar-refractivity contribution in [1.29, 1.82) is 0 Å². The summed E-state index contributed by atoms with van der Waals surface area (Å²) in [4.78, 5) is 24.3. The number of carbonyl (C=O) groups is 1. The Labute approximate surface area is 156 Å². The van der Waals surface area contributed by atoms with Crippen molar-refractivity contribution in [2.45, 2.75) is 19.3 Å². The van der Waals surface area contributed by atoms with E-state index in [0.717, 1.165) is 0 Å². The molecule has 0 radical (unpaired) electrons. The van der Waals surface area contributed by atoms with Crippen LogP contribution in [0.5, 0.6) is 17.2 Å². The van der Waals surface area contributed by atoms with Crippen molar-refractivity contribution < 1.29 is 28.9 Å². The van der Waals surface area contributed by atoms with Crippen LogP contribution in [0.4, 0.5) is 0 Å². The van der Waals surface area contributed by atoms with Gasteiger partial charge in [-0.2, -0.15) is 0 Å². The molecule has 27 heavy (non-hydrogen) atoms. The number of ether oxygens (including phenoxy) is 2. The number of carbonyl (C=O) groups excluding carboxylic acids is 1. The summed E-state index contributed by atoms with van der Waals surface area (Å²) < 4.78 is 15.6. The van der Waals surface area contributed by atoms with Crippen LogP contribution in [-0.2, 0) is 9.53 Å². The molecular formula is C19H23NO7. The average molecular weight is 377 g/mol. The van der Waals surface area contributed by atoms with E-state index in [2.05, 4.69) is 5.32 Å². The van der Waals surface area contributed by atoms with E-state index in [1.807, 2.05) is 0 Å². The summed E-state index contributed by atoms with van der Waals surface area (Å²) in [6, 6.07) is 5.69. The molecule has 2 rings (SSSR count). The average Bonchev–Trinajstić information content (AvgIpc) is 2.63. The van der Waals surface area contributed by atoms with Crippen LogP contribution in [0.25, 0.3) is 0 Å². The van der Waals surface area contributed by atoms with Gasteiger partial charge in [0.05, 0.1) is 19.6 Å². The summed E-state index contributed by atoms with van der Waals surface area (Å²) in [7, 11) is 2.92. The van der Waals surface area contributed by atoms with E-state index in [0.29, 0.717) is 24.5 Å². The van der Waals surface area contributed by atoms with Crippen molar-refractivity contribution >= 4 is 5.91 Å². The molecular weight excluding hydrogens is 354 g/mol. The number of methoxy groups -OCH3 is 2. The molecule has 0 fully saturated rings. The molecule has 0 saturated carbocycles. The Bertz CT molecular complexity index is 860. The van der Waals surface area contributed by atoms with Crippen molar-refractivity contribution in [2.75, 3.05) is 27.4 Å². The van der Waals surface area contributed by atoms with Gasteiger partial charge in [-0.25, -0.2) is 0 Å². The smallest absolute Gasteiger partial charge is 0.227 e. The summed E-state index contributed by atoms with van der Waals surface area (Å²) in [5, 5.41) is 22.7. The van der Waals surface area contributed by atoms with Gasteiger partial charge >= 0.3 is 0 Å². The summed E-state index contributed by atoms with van der Waals surface area (Å²) in [5.74, 6) is -1.20. The highest BCUT2D eigenvalue weighted by atomic mass is 16.5. The minimum atomic E-state index is -0.755. The van der Waals surface area contributed by atoms with Gasteiger partial charge in [-0.15, -0.1) is 0 Å². The Hall–Kier alpha value is -3.00. The van der Waals surface area contributed by atoms with Gasteiger partial charge in [0.25, 0.3) is 0 Å². The van der Waals surface area contributed by atoms with Crippen LogP contribution < -0.4 is 15.5 Å². The molecule has 8 nitrogen and oxygen atoms in total. The Morgan fingerprint density at radius 1 is 1.26 bits per heavy atom. The molecule has 1 amide bonds. The number of amides is 1. The second-order valence-electron chi connectivity index (χ2n) is 5.96. The molecule has 3 N–H and O–H groups in total. The highest BCUT2D eigenvalue weighted by molar-refractivity contribution is 5.77. The van der Waals surface area contributed by atoms with Gasteiger partial charge in [-0.05, 0) is 24.6 Å². The number of aryl methyl sites for hydroxylation is 1. The second-order valence-corrected chi connectivity index (χ2v) is 5.96. The van der Waals surface area contributed by atoms with Crippen LogP contribution in [0.2, 0.25) is 0 Å². The Kier molecular flexibility index (Phi) is 6.84. The lowest BCUT2D eigenvalue weighted by molar-refractivity contribution is -0.121. The van der Waals surface area contributed by atoms with Gasteiger partial charge in [0, 0.05) is 26.1 Å². The Morgan fingerprint density at radius 3 is 2.67 bits per heavy atom. The fraction of sp³-hybridized carbons (Fsp3) is 0.368. The molecule has 2 aromatic rings. The number of hydrogen-bond acceptors (Lipinski definition) is 7. The minimum absolute atomic E-state index is 0.0189. The third-order valence-electron chi connectivity index (χ3n) is 4.01. The predicted molar refractivity (Wildman–Crippen MR) is 97.4 cm³/mol. The first-order valence-corrected chi connectivity index (χ1v) is 8.33. The lowest BCUT2D eigenvalue weighted by Crippen LogP contribution is -2.28. The molecule has 0 spiro atoms. The first-order valence-electron chi connectivity index (χ1n) is 8.33. The van der Waals surface area contributed by atoms with E-state index < -0.39 is 17.1 Å². The molecule has 0 aliphatic heterocycles. The normalized spacial score (nSPS) is 11.8. The summed E-state index contributed by atoms with van der Waals surface area (Å²) in [6.07, 6.45) is -0.0857. The zero-order chi connectivity index (χ0) is 20.0. The number of nitrogens with one attached hydrogen (secondary N) is 1. The van der Waals surface area contributed by atoms with Crippen LogP contribution in [0.3, 0.4) is 0 Å². The Balaban J connectivity index is 2.46. The lowest BCUT2D eigenvalue weighted by atomic mass is 9.91.